The van der Waals surface area contributed by atoms with Gasteiger partial charge in [0.1, 0.15) is 33.7 Å². The van der Waals surface area contributed by atoms with Crippen LogP contribution in [-0.2, 0) is 10.0 Å². The number of nitrogens with one attached hydrogen (secondary N) is 3. The number of hydrogen-bond acceptors (Lipinski definition) is 8. The third-order valence-electron chi connectivity index (χ3n) is 4.37. The van der Waals surface area contributed by atoms with Crippen LogP contribution in [0, 0.1) is 5.82 Å². The number of pyridine rings is 2. The van der Waals surface area contributed by atoms with Gasteiger partial charge in [-0.1, -0.05) is 6.07 Å². The molecule has 0 saturated heterocycles. The topological polar surface area (TPSA) is 165 Å². The Morgan fingerprint density at radius 2 is 1.79 bits per heavy atom. The van der Waals surface area contributed by atoms with E-state index in [1.54, 1.807) is 0 Å². The van der Waals surface area contributed by atoms with Crippen LogP contribution in [0.15, 0.2) is 53.7 Å². The average Bonchev–Trinajstić information content (AvgIpc) is 2.78. The van der Waals surface area contributed by atoms with Crippen LogP contribution in [0.2, 0.25) is 0 Å². The summed E-state index contributed by atoms with van der Waals surface area (Å²) in [7, 11) is -1.21. The molecule has 172 valence electrons. The molecular weight excluding hydrogens is 455 g/mol. The number of nitrogens with two attached hydrogens (primary N) is 1. The van der Waals surface area contributed by atoms with Gasteiger partial charge < -0.3 is 20.7 Å². The number of primary sulfonamides is 1. The van der Waals surface area contributed by atoms with Crippen molar-refractivity contribution in [2.75, 3.05) is 24.8 Å². The Labute approximate surface area is 188 Å². The Balaban J connectivity index is 1.94. The number of amides is 2. The maximum Gasteiger partial charge on any atom is 0.262 e. The van der Waals surface area contributed by atoms with Gasteiger partial charge in [-0.2, -0.15) is 0 Å². The summed E-state index contributed by atoms with van der Waals surface area (Å²) in [6.45, 7) is 0. The van der Waals surface area contributed by atoms with E-state index in [0.29, 0.717) is 0 Å². The number of carbonyl (C=O) groups excluding carboxylic acids is 2. The van der Waals surface area contributed by atoms with Crippen molar-refractivity contribution in [3.63, 3.8) is 0 Å². The maximum atomic E-state index is 14.3. The van der Waals surface area contributed by atoms with E-state index in [1.165, 1.54) is 50.7 Å². The Morgan fingerprint density at radius 3 is 2.39 bits per heavy atom. The highest BCUT2D eigenvalue weighted by atomic mass is 32.2. The highest BCUT2D eigenvalue weighted by Crippen LogP contribution is 2.26. The van der Waals surface area contributed by atoms with Crippen LogP contribution in [0.25, 0.3) is 0 Å². The molecule has 3 aromatic rings. The highest BCUT2D eigenvalue weighted by molar-refractivity contribution is 7.89. The fraction of sp³-hybridized carbons (Fsp3) is 0.100. The lowest BCUT2D eigenvalue weighted by Gasteiger charge is -2.14. The summed E-state index contributed by atoms with van der Waals surface area (Å²) < 4.78 is 42.1. The zero-order chi connectivity index (χ0) is 24.2. The molecule has 0 spiro atoms. The Morgan fingerprint density at radius 1 is 1.06 bits per heavy atom. The summed E-state index contributed by atoms with van der Waals surface area (Å²) in [5.74, 6) is -1.80. The van der Waals surface area contributed by atoms with E-state index in [0.717, 1.165) is 12.3 Å². The predicted molar refractivity (Wildman–Crippen MR) is 117 cm³/mol. The molecule has 1 aromatic carbocycles. The number of hydrogen-bond donors (Lipinski definition) is 4. The Hall–Kier alpha value is -4.10. The SMILES string of the molecule is CNC(=O)c1cnc(Nc2ccc(S(N)(=O)=O)cn2)cc1NC(=O)c1c(F)cccc1OC. The number of nitrogens with zero attached hydrogens (tertiary/aromatic N) is 2. The monoisotopic (exact) mass is 474 g/mol. The van der Waals surface area contributed by atoms with Crippen molar-refractivity contribution in [3.8, 4) is 5.75 Å². The number of carbonyl (C=O) groups is 2. The lowest BCUT2D eigenvalue weighted by Crippen LogP contribution is -2.22. The van der Waals surface area contributed by atoms with Crippen LogP contribution >= 0.6 is 0 Å². The van der Waals surface area contributed by atoms with E-state index in [1.807, 2.05) is 0 Å². The fourth-order valence-corrected chi connectivity index (χ4v) is 3.23. The maximum absolute atomic E-state index is 14.3. The molecule has 0 saturated carbocycles. The van der Waals surface area contributed by atoms with Gasteiger partial charge in [0.05, 0.1) is 18.4 Å². The van der Waals surface area contributed by atoms with Crippen LogP contribution in [0.3, 0.4) is 0 Å². The van der Waals surface area contributed by atoms with Gasteiger partial charge >= 0.3 is 0 Å². The zero-order valence-electron chi connectivity index (χ0n) is 17.4. The summed E-state index contributed by atoms with van der Waals surface area (Å²) in [6, 6.07) is 7.86. The summed E-state index contributed by atoms with van der Waals surface area (Å²) in [5, 5.41) is 12.8. The number of anilines is 3. The molecule has 0 aliphatic heterocycles. The smallest absolute Gasteiger partial charge is 0.262 e. The lowest BCUT2D eigenvalue weighted by atomic mass is 10.1. The van der Waals surface area contributed by atoms with Crippen LogP contribution in [0.5, 0.6) is 5.75 Å². The second kappa shape index (κ2) is 9.58. The summed E-state index contributed by atoms with van der Waals surface area (Å²) in [6.07, 6.45) is 2.26. The normalized spacial score (nSPS) is 10.9. The zero-order valence-corrected chi connectivity index (χ0v) is 18.2. The van der Waals surface area contributed by atoms with Crippen molar-refractivity contribution in [2.45, 2.75) is 4.90 Å². The van der Waals surface area contributed by atoms with Crippen LogP contribution in [-0.4, -0.2) is 44.4 Å². The van der Waals surface area contributed by atoms with Crippen molar-refractivity contribution in [1.29, 1.82) is 0 Å². The molecule has 2 heterocycles. The molecule has 0 unspecified atom stereocenters. The van der Waals surface area contributed by atoms with Gasteiger partial charge in [0.2, 0.25) is 10.0 Å². The van der Waals surface area contributed by atoms with Crippen LogP contribution in [0.1, 0.15) is 20.7 Å². The van der Waals surface area contributed by atoms with Gasteiger partial charge in [0.25, 0.3) is 11.8 Å². The minimum Gasteiger partial charge on any atom is -0.496 e. The molecule has 0 aliphatic rings. The third-order valence-corrected chi connectivity index (χ3v) is 5.27. The van der Waals surface area contributed by atoms with Crippen LogP contribution in [0.4, 0.5) is 21.7 Å². The minimum atomic E-state index is -3.91. The quantitative estimate of drug-likeness (QED) is 0.401. The number of aromatic nitrogens is 2. The van der Waals surface area contributed by atoms with Crippen molar-refractivity contribution in [1.82, 2.24) is 15.3 Å². The third kappa shape index (κ3) is 5.39. The summed E-state index contributed by atoms with van der Waals surface area (Å²) >= 11 is 0. The van der Waals surface area contributed by atoms with E-state index in [-0.39, 0.29) is 39.1 Å². The lowest BCUT2D eigenvalue weighted by molar-refractivity contribution is 0.0963. The van der Waals surface area contributed by atoms with Crippen molar-refractivity contribution in [3.05, 3.63) is 65.7 Å². The number of halogens is 1. The number of sulfonamides is 1. The molecule has 11 nitrogen and oxygen atoms in total. The molecule has 0 atom stereocenters. The fourth-order valence-electron chi connectivity index (χ4n) is 2.78. The van der Waals surface area contributed by atoms with Gasteiger partial charge in [-0.25, -0.2) is 27.9 Å². The standard InChI is InChI=1S/C20H19FN6O5S/c1-23-19(28)12-10-25-17(27-16-7-6-11(9-24-16)33(22,30)31)8-14(12)26-20(29)18-13(21)4-3-5-15(18)32-2/h3-10H,1-2H3,(H,23,28)(H2,22,30,31)(H2,24,25,26,27,29). The number of benzene rings is 1. The van der Waals surface area contributed by atoms with Gasteiger partial charge in [0, 0.05) is 25.5 Å². The summed E-state index contributed by atoms with van der Waals surface area (Å²) in [5.41, 5.74) is -0.290. The molecule has 0 aliphatic carbocycles. The second-order valence-electron chi connectivity index (χ2n) is 6.51. The first-order valence-corrected chi connectivity index (χ1v) is 10.8. The molecule has 0 bridgehead atoms. The first kappa shape index (κ1) is 23.6. The van der Waals surface area contributed by atoms with Crippen molar-refractivity contribution in [2.24, 2.45) is 5.14 Å². The van der Waals surface area contributed by atoms with E-state index in [2.05, 4.69) is 25.9 Å². The van der Waals surface area contributed by atoms with E-state index in [4.69, 9.17) is 9.88 Å². The van der Waals surface area contributed by atoms with Crippen molar-refractivity contribution >= 4 is 39.2 Å². The van der Waals surface area contributed by atoms with Gasteiger partial charge in [-0.3, -0.25) is 9.59 Å². The van der Waals surface area contributed by atoms with E-state index in [9.17, 15) is 22.4 Å². The molecule has 5 N–H and O–H groups in total. The second-order valence-corrected chi connectivity index (χ2v) is 8.08. The Bertz CT molecular complexity index is 1320. The van der Waals surface area contributed by atoms with Gasteiger partial charge in [-0.05, 0) is 24.3 Å². The van der Waals surface area contributed by atoms with Crippen LogP contribution < -0.4 is 25.8 Å². The Kier molecular flexibility index (Phi) is 6.84. The number of ether oxygens (including phenoxy) is 1. The van der Waals surface area contributed by atoms with E-state index < -0.39 is 27.7 Å². The summed E-state index contributed by atoms with van der Waals surface area (Å²) in [4.78, 5) is 32.9. The van der Waals surface area contributed by atoms with E-state index >= 15 is 0 Å². The van der Waals surface area contributed by atoms with Gasteiger partial charge in [-0.15, -0.1) is 0 Å². The predicted octanol–water partition coefficient (Wildman–Crippen LogP) is 1.63. The molecule has 0 fully saturated rings. The van der Waals surface area contributed by atoms with Crippen molar-refractivity contribution < 1.29 is 27.1 Å². The number of methoxy groups -OCH3 is 1. The molecule has 3 rings (SSSR count). The molecule has 2 aromatic heterocycles. The highest BCUT2D eigenvalue weighted by Gasteiger charge is 2.21. The molecule has 13 heteroatoms. The number of rotatable bonds is 7. The first-order chi connectivity index (χ1) is 15.6. The first-order valence-electron chi connectivity index (χ1n) is 9.26. The molecule has 2 amide bonds. The average molecular weight is 474 g/mol. The minimum absolute atomic E-state index is 0.0144. The molecule has 0 radical (unpaired) electrons. The largest absolute Gasteiger partial charge is 0.496 e. The molecular formula is C20H19FN6O5S. The molecule has 33 heavy (non-hydrogen) atoms. The van der Waals surface area contributed by atoms with Gasteiger partial charge in [0.15, 0.2) is 0 Å².